The van der Waals surface area contributed by atoms with Crippen molar-refractivity contribution in [3.63, 3.8) is 0 Å². The second-order valence-corrected chi connectivity index (χ2v) is 9.37. The van der Waals surface area contributed by atoms with Crippen molar-refractivity contribution in [3.05, 3.63) is 43.0 Å². The fourth-order valence-electron chi connectivity index (χ4n) is 4.04. The highest BCUT2D eigenvalue weighted by atomic mass is 32.1. The van der Waals surface area contributed by atoms with Crippen LogP contribution in [-0.4, -0.2) is 51.8 Å². The summed E-state index contributed by atoms with van der Waals surface area (Å²) < 4.78 is 25.6. The first-order chi connectivity index (χ1) is 13.2. The molecule has 0 aliphatic carbocycles. The van der Waals surface area contributed by atoms with Crippen LogP contribution in [0.25, 0.3) is 0 Å². The van der Waals surface area contributed by atoms with Gasteiger partial charge in [0.1, 0.15) is 0 Å². The summed E-state index contributed by atoms with van der Waals surface area (Å²) in [5.41, 5.74) is 3.87. The predicted molar refractivity (Wildman–Crippen MR) is 109 cm³/mol. The van der Waals surface area contributed by atoms with Gasteiger partial charge in [-0.3, -0.25) is 0 Å². The first kappa shape index (κ1) is 19.5. The number of rotatable bonds is 7. The molecule has 27 heavy (non-hydrogen) atoms. The van der Waals surface area contributed by atoms with Crippen LogP contribution in [0.3, 0.4) is 0 Å². The van der Waals surface area contributed by atoms with Gasteiger partial charge in [0.25, 0.3) is 0 Å². The zero-order chi connectivity index (χ0) is 18.8. The molecule has 0 unspecified atom stereocenters. The lowest BCUT2D eigenvalue weighted by molar-refractivity contribution is 0.0221. The van der Waals surface area contributed by atoms with Crippen LogP contribution in [0.4, 0.5) is 4.39 Å². The van der Waals surface area contributed by atoms with Crippen LogP contribution in [0.1, 0.15) is 38.7 Å². The molecule has 4 nitrogen and oxygen atoms in total. The van der Waals surface area contributed by atoms with Crippen LogP contribution in [0.5, 0.6) is 0 Å². The fraction of sp³-hybridized carbons (Fsp3) is 0.600. The number of halogens is 1. The Morgan fingerprint density at radius 2 is 2.00 bits per heavy atom. The molecule has 2 atom stereocenters. The maximum atomic E-state index is 13.6. The van der Waals surface area contributed by atoms with E-state index < -0.39 is 0 Å². The third-order valence-corrected chi connectivity index (χ3v) is 7.51. The van der Waals surface area contributed by atoms with E-state index in [0.29, 0.717) is 6.61 Å². The highest BCUT2D eigenvalue weighted by Crippen LogP contribution is 2.36. The number of likely N-dealkylation sites (N-methyl/N-ethyl adjacent to an activating group) is 2. The molecule has 0 bridgehead atoms. The average molecular weight is 411 g/mol. The number of hydrogen-bond donors (Lipinski definition) is 1. The van der Waals surface area contributed by atoms with Gasteiger partial charge in [0.15, 0.2) is 5.13 Å². The third-order valence-electron chi connectivity index (χ3n) is 5.40. The van der Waals surface area contributed by atoms with Gasteiger partial charge in [-0.2, -0.15) is 4.39 Å². The van der Waals surface area contributed by atoms with Crippen molar-refractivity contribution in [3.8, 4) is 0 Å². The molecule has 0 amide bonds. The Hall–Kier alpha value is -0.830. The van der Waals surface area contributed by atoms with Gasteiger partial charge in [-0.1, -0.05) is 0 Å². The van der Waals surface area contributed by atoms with Gasteiger partial charge >= 0.3 is 0 Å². The van der Waals surface area contributed by atoms with Gasteiger partial charge in [0, 0.05) is 42.2 Å². The van der Waals surface area contributed by atoms with Gasteiger partial charge in [-0.25, -0.2) is 0 Å². The van der Waals surface area contributed by atoms with Crippen LogP contribution < -0.4 is 5.32 Å². The molecule has 4 rings (SSSR count). The lowest BCUT2D eigenvalue weighted by Crippen LogP contribution is -2.30. The van der Waals surface area contributed by atoms with Crippen LogP contribution in [0, 0.1) is 5.13 Å². The summed E-state index contributed by atoms with van der Waals surface area (Å²) in [6.45, 7) is 4.11. The first-order valence-corrected chi connectivity index (χ1v) is 11.3. The SMILES string of the molecule is CNC[C@H]1OCCc2scc(CCN(C)C[C@@H]3OCCc4sc(F)cc43)c21. The van der Waals surface area contributed by atoms with Gasteiger partial charge < -0.3 is 19.7 Å². The Kier molecular flexibility index (Phi) is 6.26. The molecule has 0 spiro atoms. The van der Waals surface area contributed by atoms with E-state index in [1.807, 2.05) is 18.4 Å². The van der Waals surface area contributed by atoms with Gasteiger partial charge in [-0.05, 0) is 48.7 Å². The zero-order valence-electron chi connectivity index (χ0n) is 15.9. The van der Waals surface area contributed by atoms with Crippen molar-refractivity contribution in [2.75, 3.05) is 46.9 Å². The Labute approximate surface area is 168 Å². The highest BCUT2D eigenvalue weighted by Gasteiger charge is 2.27. The minimum Gasteiger partial charge on any atom is -0.372 e. The zero-order valence-corrected chi connectivity index (χ0v) is 17.6. The summed E-state index contributed by atoms with van der Waals surface area (Å²) >= 11 is 3.14. The Balaban J connectivity index is 1.38. The number of fused-ring (bicyclic) bond motifs is 2. The maximum absolute atomic E-state index is 13.6. The van der Waals surface area contributed by atoms with Gasteiger partial charge in [0.2, 0.25) is 0 Å². The number of thiophene rings is 2. The third kappa shape index (κ3) is 4.28. The number of nitrogens with one attached hydrogen (secondary N) is 1. The van der Waals surface area contributed by atoms with Crippen LogP contribution in [-0.2, 0) is 28.7 Å². The summed E-state index contributed by atoms with van der Waals surface area (Å²) in [4.78, 5) is 4.93. The van der Waals surface area contributed by atoms with E-state index >= 15 is 0 Å². The smallest absolute Gasteiger partial charge is 0.177 e. The largest absolute Gasteiger partial charge is 0.372 e. The van der Waals surface area contributed by atoms with E-state index in [-0.39, 0.29) is 17.3 Å². The number of ether oxygens (including phenoxy) is 2. The molecule has 2 aromatic heterocycles. The lowest BCUT2D eigenvalue weighted by Gasteiger charge is -2.28. The van der Waals surface area contributed by atoms with Gasteiger partial charge in [-0.15, -0.1) is 22.7 Å². The first-order valence-electron chi connectivity index (χ1n) is 9.59. The Morgan fingerprint density at radius 1 is 1.22 bits per heavy atom. The highest BCUT2D eigenvalue weighted by molar-refractivity contribution is 7.10. The molecule has 0 fully saturated rings. The lowest BCUT2D eigenvalue weighted by atomic mass is 9.99. The molecular weight excluding hydrogens is 383 g/mol. The van der Waals surface area contributed by atoms with E-state index in [9.17, 15) is 4.39 Å². The van der Waals surface area contributed by atoms with Crippen LogP contribution in [0.2, 0.25) is 0 Å². The summed E-state index contributed by atoms with van der Waals surface area (Å²) in [6, 6.07) is 1.66. The standard InChI is InChI=1S/C20H27FN2O2S2/c1-22-10-15-20-13(12-26-18(20)5-8-24-15)3-6-23(2)11-16-14-9-19(21)27-17(14)4-7-25-16/h9,12,15-16,22H,3-8,10-11H2,1-2H3/t15-,16+/m1/s1. The quantitative estimate of drug-likeness (QED) is 0.757. The topological polar surface area (TPSA) is 33.7 Å². The normalized spacial score (nSPS) is 22.1. The van der Waals surface area contributed by atoms with E-state index in [4.69, 9.17) is 9.47 Å². The van der Waals surface area contributed by atoms with Crippen molar-refractivity contribution in [1.29, 1.82) is 0 Å². The minimum atomic E-state index is -0.0985. The maximum Gasteiger partial charge on any atom is 0.177 e. The van der Waals surface area contributed by atoms with Gasteiger partial charge in [0.05, 0.1) is 25.4 Å². The molecule has 0 radical (unpaired) electrons. The molecule has 2 aliphatic rings. The van der Waals surface area contributed by atoms with E-state index in [2.05, 4.69) is 22.6 Å². The monoisotopic (exact) mass is 410 g/mol. The van der Waals surface area contributed by atoms with Crippen molar-refractivity contribution in [2.24, 2.45) is 0 Å². The molecule has 0 aromatic carbocycles. The van der Waals surface area contributed by atoms with Crippen molar-refractivity contribution >= 4 is 22.7 Å². The summed E-state index contributed by atoms with van der Waals surface area (Å²) in [5, 5.41) is 5.46. The fourth-order valence-corrected chi connectivity index (χ4v) is 6.08. The number of hydrogen-bond acceptors (Lipinski definition) is 6. The average Bonchev–Trinajstić information content (AvgIpc) is 3.24. The molecular formula is C20H27FN2O2S2. The predicted octanol–water partition coefficient (Wildman–Crippen LogP) is 3.57. The molecule has 4 heterocycles. The van der Waals surface area contributed by atoms with Crippen LogP contribution >= 0.6 is 22.7 Å². The molecule has 7 heteroatoms. The van der Waals surface area contributed by atoms with E-state index in [1.165, 1.54) is 27.3 Å². The molecule has 1 N–H and O–H groups in total. The second kappa shape index (κ2) is 8.68. The van der Waals surface area contributed by atoms with Crippen molar-refractivity contribution in [2.45, 2.75) is 31.5 Å². The Bertz CT molecular complexity index is 776. The van der Waals surface area contributed by atoms with Crippen LogP contribution in [0.15, 0.2) is 11.4 Å². The molecule has 2 aromatic rings. The molecule has 148 valence electrons. The number of nitrogens with zero attached hydrogens (tertiary/aromatic N) is 1. The van der Waals surface area contributed by atoms with E-state index in [0.717, 1.165) is 55.9 Å². The summed E-state index contributed by atoms with van der Waals surface area (Å²) in [5.74, 6) is 0. The summed E-state index contributed by atoms with van der Waals surface area (Å²) in [6.07, 6.45) is 3.01. The van der Waals surface area contributed by atoms with E-state index in [1.54, 1.807) is 6.07 Å². The van der Waals surface area contributed by atoms with Crippen molar-refractivity contribution in [1.82, 2.24) is 10.2 Å². The molecule has 0 saturated carbocycles. The Morgan fingerprint density at radius 3 is 2.81 bits per heavy atom. The second-order valence-electron chi connectivity index (χ2n) is 7.32. The van der Waals surface area contributed by atoms with Crippen molar-refractivity contribution < 1.29 is 13.9 Å². The molecule has 0 saturated heterocycles. The molecule has 2 aliphatic heterocycles. The minimum absolute atomic E-state index is 0.0173. The summed E-state index contributed by atoms with van der Waals surface area (Å²) in [7, 11) is 4.10.